The first-order valence-electron chi connectivity index (χ1n) is 9.45. The zero-order valence-electron chi connectivity index (χ0n) is 14.9. The number of carbonyl (C=O) groups excluding carboxylic acids is 1. The van der Waals surface area contributed by atoms with Gasteiger partial charge in [-0.1, -0.05) is 55.0 Å². The molecule has 1 aliphatic heterocycles. The summed E-state index contributed by atoms with van der Waals surface area (Å²) < 4.78 is 0. The maximum Gasteiger partial charge on any atom is 0.251 e. The number of nitrogens with zero attached hydrogens (tertiary/aromatic N) is 1. The predicted molar refractivity (Wildman–Crippen MR) is 103 cm³/mol. The van der Waals surface area contributed by atoms with E-state index in [1.807, 2.05) is 36.4 Å². The number of rotatable bonds is 7. The Labute approximate surface area is 151 Å². The molecule has 0 unspecified atom stereocenters. The number of benzene rings is 2. The third-order valence-electron chi connectivity index (χ3n) is 4.88. The summed E-state index contributed by atoms with van der Waals surface area (Å²) in [4.78, 5) is 15.1. The summed E-state index contributed by atoms with van der Waals surface area (Å²) in [6.45, 7) is 4.27. The maximum absolute atomic E-state index is 12.6. The van der Waals surface area contributed by atoms with Gasteiger partial charge in [0.15, 0.2) is 0 Å². The van der Waals surface area contributed by atoms with Crippen LogP contribution in [0.3, 0.4) is 0 Å². The zero-order valence-corrected chi connectivity index (χ0v) is 14.9. The molecule has 0 aliphatic carbocycles. The average molecular weight is 336 g/mol. The van der Waals surface area contributed by atoms with Crippen LogP contribution >= 0.6 is 0 Å². The highest BCUT2D eigenvalue weighted by atomic mass is 16.1. The fraction of sp³-hybridized carbons (Fsp3) is 0.409. The lowest BCUT2D eigenvalue weighted by Crippen LogP contribution is -2.33. The van der Waals surface area contributed by atoms with Crippen LogP contribution in [0.2, 0.25) is 0 Å². The molecule has 3 rings (SSSR count). The molecule has 0 radical (unpaired) electrons. The topological polar surface area (TPSA) is 32.3 Å². The van der Waals surface area contributed by atoms with Crippen molar-refractivity contribution in [1.29, 1.82) is 0 Å². The van der Waals surface area contributed by atoms with Crippen molar-refractivity contribution in [2.75, 3.05) is 26.2 Å². The highest BCUT2D eigenvalue weighted by molar-refractivity contribution is 5.95. The smallest absolute Gasteiger partial charge is 0.251 e. The number of amides is 1. The lowest BCUT2D eigenvalue weighted by atomic mass is 9.99. The molecule has 0 atom stereocenters. The van der Waals surface area contributed by atoms with Gasteiger partial charge in [-0.3, -0.25) is 4.79 Å². The Hall–Kier alpha value is -2.13. The Kier molecular flexibility index (Phi) is 6.63. The molecule has 2 aromatic rings. The Bertz CT molecular complexity index is 663. The molecule has 1 fully saturated rings. The molecule has 132 valence electrons. The van der Waals surface area contributed by atoms with Gasteiger partial charge in [0, 0.05) is 12.1 Å². The number of nitrogens with one attached hydrogen (secondary N) is 1. The summed E-state index contributed by atoms with van der Waals surface area (Å²) in [5, 5.41) is 3.10. The van der Waals surface area contributed by atoms with Gasteiger partial charge in [-0.25, -0.2) is 0 Å². The van der Waals surface area contributed by atoms with Gasteiger partial charge in [-0.05, 0) is 62.5 Å². The minimum absolute atomic E-state index is 0.0465. The van der Waals surface area contributed by atoms with E-state index in [2.05, 4.69) is 28.4 Å². The van der Waals surface area contributed by atoms with Crippen LogP contribution in [0.4, 0.5) is 0 Å². The van der Waals surface area contributed by atoms with Crippen molar-refractivity contribution in [3.05, 3.63) is 71.3 Å². The first-order valence-corrected chi connectivity index (χ1v) is 9.45. The summed E-state index contributed by atoms with van der Waals surface area (Å²) in [6.07, 6.45) is 5.81. The molecule has 1 heterocycles. The Morgan fingerprint density at radius 3 is 2.44 bits per heavy atom. The number of carbonyl (C=O) groups is 1. The van der Waals surface area contributed by atoms with E-state index >= 15 is 0 Å². The van der Waals surface area contributed by atoms with Crippen molar-refractivity contribution in [3.8, 4) is 0 Å². The molecule has 1 amide bonds. The zero-order chi connectivity index (χ0) is 17.3. The van der Waals surface area contributed by atoms with Gasteiger partial charge in [-0.15, -0.1) is 0 Å². The summed E-state index contributed by atoms with van der Waals surface area (Å²) >= 11 is 0. The van der Waals surface area contributed by atoms with Gasteiger partial charge in [0.25, 0.3) is 5.91 Å². The summed E-state index contributed by atoms with van der Waals surface area (Å²) in [5.41, 5.74) is 3.11. The fourth-order valence-electron chi connectivity index (χ4n) is 3.49. The monoisotopic (exact) mass is 336 g/mol. The number of hydrogen-bond donors (Lipinski definition) is 1. The largest absolute Gasteiger partial charge is 0.352 e. The first kappa shape index (κ1) is 17.7. The molecule has 0 bridgehead atoms. The van der Waals surface area contributed by atoms with Crippen LogP contribution in [0.5, 0.6) is 0 Å². The van der Waals surface area contributed by atoms with Gasteiger partial charge >= 0.3 is 0 Å². The van der Waals surface area contributed by atoms with Crippen molar-refractivity contribution in [2.24, 2.45) is 0 Å². The Balaban J connectivity index is 1.51. The van der Waals surface area contributed by atoms with Gasteiger partial charge in [-0.2, -0.15) is 0 Å². The van der Waals surface area contributed by atoms with Gasteiger partial charge in [0.05, 0.1) is 0 Å². The first-order chi connectivity index (χ1) is 12.3. The molecule has 2 aromatic carbocycles. The van der Waals surface area contributed by atoms with E-state index in [0.717, 1.165) is 37.1 Å². The number of hydrogen-bond acceptors (Lipinski definition) is 2. The van der Waals surface area contributed by atoms with Crippen molar-refractivity contribution in [2.45, 2.75) is 32.1 Å². The van der Waals surface area contributed by atoms with Crippen LogP contribution in [0.1, 0.15) is 47.2 Å². The molecule has 3 heteroatoms. The molecule has 1 saturated heterocycles. The molecule has 1 N–H and O–H groups in total. The van der Waals surface area contributed by atoms with Crippen LogP contribution in [0.15, 0.2) is 54.6 Å². The van der Waals surface area contributed by atoms with Crippen molar-refractivity contribution in [3.63, 3.8) is 0 Å². The Morgan fingerprint density at radius 1 is 0.920 bits per heavy atom. The fourth-order valence-corrected chi connectivity index (χ4v) is 3.49. The maximum atomic E-state index is 12.6. The minimum Gasteiger partial charge on any atom is -0.352 e. The van der Waals surface area contributed by atoms with Gasteiger partial charge < -0.3 is 10.2 Å². The highest BCUT2D eigenvalue weighted by Gasteiger charge is 2.12. The third kappa shape index (κ3) is 5.43. The molecule has 25 heavy (non-hydrogen) atoms. The van der Waals surface area contributed by atoms with Crippen molar-refractivity contribution >= 4 is 5.91 Å². The van der Waals surface area contributed by atoms with E-state index in [-0.39, 0.29) is 5.91 Å². The summed E-state index contributed by atoms with van der Waals surface area (Å²) in [7, 11) is 0. The van der Waals surface area contributed by atoms with Crippen LogP contribution in [-0.2, 0) is 6.42 Å². The second-order valence-electron chi connectivity index (χ2n) is 6.83. The highest BCUT2D eigenvalue weighted by Crippen LogP contribution is 2.14. The van der Waals surface area contributed by atoms with Crippen LogP contribution in [0.25, 0.3) is 0 Å². The predicted octanol–water partition coefficient (Wildman–Crippen LogP) is 3.88. The molecular formula is C22H28N2O. The SMILES string of the molecule is O=C(NCCCN1CCCCC1)c1ccccc1Cc1ccccc1. The van der Waals surface area contributed by atoms with Gasteiger partial charge in [0.2, 0.25) is 0 Å². The normalized spacial score (nSPS) is 15.0. The van der Waals surface area contributed by atoms with Gasteiger partial charge in [0.1, 0.15) is 0 Å². The standard InChI is InChI=1S/C22H28N2O/c25-22(23-14-9-17-24-15-7-2-8-16-24)21-13-6-5-12-20(21)18-19-10-3-1-4-11-19/h1,3-6,10-13H,2,7-9,14-18H2,(H,23,25). The van der Waals surface area contributed by atoms with E-state index in [9.17, 15) is 4.79 Å². The number of likely N-dealkylation sites (tertiary alicyclic amines) is 1. The average Bonchev–Trinajstić information content (AvgIpc) is 2.67. The van der Waals surface area contributed by atoms with Crippen molar-refractivity contribution < 1.29 is 4.79 Å². The lowest BCUT2D eigenvalue weighted by molar-refractivity contribution is 0.0950. The summed E-state index contributed by atoms with van der Waals surface area (Å²) in [6, 6.07) is 18.2. The van der Waals surface area contributed by atoms with E-state index < -0.39 is 0 Å². The molecule has 0 saturated carbocycles. The van der Waals surface area contributed by atoms with Crippen LogP contribution in [-0.4, -0.2) is 37.0 Å². The minimum atomic E-state index is 0.0465. The molecular weight excluding hydrogens is 308 g/mol. The summed E-state index contributed by atoms with van der Waals surface area (Å²) in [5.74, 6) is 0.0465. The van der Waals surface area contributed by atoms with Crippen LogP contribution in [0, 0.1) is 0 Å². The van der Waals surface area contributed by atoms with E-state index in [4.69, 9.17) is 0 Å². The second-order valence-corrected chi connectivity index (χ2v) is 6.83. The van der Waals surface area contributed by atoms with E-state index in [1.165, 1.54) is 37.9 Å². The molecule has 0 spiro atoms. The third-order valence-corrected chi connectivity index (χ3v) is 4.88. The Morgan fingerprint density at radius 2 is 1.64 bits per heavy atom. The molecule has 3 nitrogen and oxygen atoms in total. The van der Waals surface area contributed by atoms with Crippen LogP contribution < -0.4 is 5.32 Å². The quantitative estimate of drug-likeness (QED) is 0.778. The van der Waals surface area contributed by atoms with E-state index in [0.29, 0.717) is 0 Å². The molecule has 0 aromatic heterocycles. The number of piperidine rings is 1. The van der Waals surface area contributed by atoms with E-state index in [1.54, 1.807) is 0 Å². The molecule has 1 aliphatic rings. The second kappa shape index (κ2) is 9.38. The van der Waals surface area contributed by atoms with Crippen molar-refractivity contribution in [1.82, 2.24) is 10.2 Å². The lowest BCUT2D eigenvalue weighted by Gasteiger charge is -2.26.